The Morgan fingerprint density at radius 2 is 1.91 bits per heavy atom. The van der Waals surface area contributed by atoms with Crippen molar-refractivity contribution in [3.05, 3.63) is 29.6 Å². The van der Waals surface area contributed by atoms with E-state index in [4.69, 9.17) is 4.74 Å². The molecule has 0 aliphatic carbocycles. The number of carbonyl (C=O) groups excluding carboxylic acids is 1. The van der Waals surface area contributed by atoms with E-state index >= 15 is 0 Å². The summed E-state index contributed by atoms with van der Waals surface area (Å²) in [5, 5.41) is 21.9. The Bertz CT molecular complexity index is 544. The molecule has 1 rings (SSSR count). The monoisotopic (exact) mass is 336 g/mol. The first-order valence-electron chi connectivity index (χ1n) is 6.75. The highest BCUT2D eigenvalue weighted by atomic mass is 19.4. The third-order valence-electron chi connectivity index (χ3n) is 2.65. The van der Waals surface area contributed by atoms with Crippen LogP contribution in [0.4, 0.5) is 18.0 Å². The van der Waals surface area contributed by atoms with Gasteiger partial charge in [-0.2, -0.15) is 13.2 Å². The summed E-state index contributed by atoms with van der Waals surface area (Å²) >= 11 is 0. The van der Waals surface area contributed by atoms with Crippen LogP contribution in [0.5, 0.6) is 0 Å². The maximum Gasteiger partial charge on any atom is 0.417 e. The zero-order valence-corrected chi connectivity index (χ0v) is 12.9. The lowest BCUT2D eigenvalue weighted by Gasteiger charge is -2.22. The Labute approximate surface area is 131 Å². The smallest absolute Gasteiger partial charge is 0.417 e. The number of carbonyl (C=O) groups is 1. The van der Waals surface area contributed by atoms with Gasteiger partial charge >= 0.3 is 12.3 Å². The molecule has 2 atom stereocenters. The molecule has 6 nitrogen and oxygen atoms in total. The SMILES string of the molecule is CC(C)(C)OC(=O)NCC(O)C(O)c1cncc(C(F)(F)F)c1. The fraction of sp³-hybridized carbons (Fsp3) is 0.571. The molecule has 1 heterocycles. The van der Waals surface area contributed by atoms with E-state index < -0.39 is 42.2 Å². The Morgan fingerprint density at radius 1 is 1.30 bits per heavy atom. The van der Waals surface area contributed by atoms with Gasteiger partial charge in [0.05, 0.1) is 5.56 Å². The number of alkyl carbamates (subject to hydrolysis) is 1. The van der Waals surface area contributed by atoms with Gasteiger partial charge in [0, 0.05) is 24.5 Å². The summed E-state index contributed by atoms with van der Waals surface area (Å²) in [6, 6.07) is 0.689. The van der Waals surface area contributed by atoms with Crippen LogP contribution in [0.3, 0.4) is 0 Å². The normalized spacial score (nSPS) is 15.0. The van der Waals surface area contributed by atoms with Crippen LogP contribution in [-0.4, -0.2) is 39.5 Å². The van der Waals surface area contributed by atoms with Gasteiger partial charge in [0.2, 0.25) is 0 Å². The van der Waals surface area contributed by atoms with Gasteiger partial charge in [0.25, 0.3) is 0 Å². The van der Waals surface area contributed by atoms with Gasteiger partial charge in [-0.05, 0) is 26.8 Å². The highest BCUT2D eigenvalue weighted by Crippen LogP contribution is 2.30. The Kier molecular flexibility index (Phi) is 5.95. The predicted octanol–water partition coefficient (Wildman–Crippen LogP) is 2.02. The van der Waals surface area contributed by atoms with E-state index in [9.17, 15) is 28.2 Å². The van der Waals surface area contributed by atoms with Crippen LogP contribution in [0.2, 0.25) is 0 Å². The topological polar surface area (TPSA) is 91.7 Å². The number of nitrogens with zero attached hydrogens (tertiary/aromatic N) is 1. The number of aliphatic hydroxyl groups is 2. The minimum atomic E-state index is -4.61. The molecular formula is C14H19F3N2O4. The maximum absolute atomic E-state index is 12.6. The fourth-order valence-corrected chi connectivity index (χ4v) is 1.61. The van der Waals surface area contributed by atoms with Crippen molar-refractivity contribution in [1.29, 1.82) is 0 Å². The van der Waals surface area contributed by atoms with Crippen LogP contribution in [-0.2, 0) is 10.9 Å². The number of nitrogens with one attached hydrogen (secondary N) is 1. The van der Waals surface area contributed by atoms with Crippen LogP contribution < -0.4 is 5.32 Å². The molecule has 3 N–H and O–H groups in total. The van der Waals surface area contributed by atoms with Crippen molar-refractivity contribution >= 4 is 6.09 Å². The number of hydrogen-bond donors (Lipinski definition) is 3. The second kappa shape index (κ2) is 7.14. The van der Waals surface area contributed by atoms with Crippen molar-refractivity contribution in [2.45, 2.75) is 44.8 Å². The molecule has 0 aliphatic heterocycles. The number of alkyl halides is 3. The molecule has 1 aromatic rings. The lowest BCUT2D eigenvalue weighted by Crippen LogP contribution is -2.38. The van der Waals surface area contributed by atoms with E-state index in [0.717, 1.165) is 6.20 Å². The summed E-state index contributed by atoms with van der Waals surface area (Å²) in [6.45, 7) is 4.54. The zero-order chi connectivity index (χ0) is 17.8. The first kappa shape index (κ1) is 19.2. The molecule has 0 radical (unpaired) electrons. The van der Waals surface area contributed by atoms with Crippen LogP contribution in [0, 0.1) is 0 Å². The van der Waals surface area contributed by atoms with E-state index in [1.54, 1.807) is 20.8 Å². The van der Waals surface area contributed by atoms with Crippen molar-refractivity contribution in [1.82, 2.24) is 10.3 Å². The van der Waals surface area contributed by atoms with Crippen LogP contribution in [0.25, 0.3) is 0 Å². The van der Waals surface area contributed by atoms with Crippen molar-refractivity contribution < 1.29 is 32.9 Å². The maximum atomic E-state index is 12.6. The molecule has 2 unspecified atom stereocenters. The molecule has 1 aromatic heterocycles. The third-order valence-corrected chi connectivity index (χ3v) is 2.65. The van der Waals surface area contributed by atoms with Crippen molar-refractivity contribution in [3.8, 4) is 0 Å². The van der Waals surface area contributed by atoms with Crippen molar-refractivity contribution in [2.75, 3.05) is 6.54 Å². The zero-order valence-electron chi connectivity index (χ0n) is 12.9. The number of rotatable bonds is 4. The van der Waals surface area contributed by atoms with E-state index in [0.29, 0.717) is 12.3 Å². The number of pyridine rings is 1. The first-order valence-corrected chi connectivity index (χ1v) is 6.75. The van der Waals surface area contributed by atoms with Gasteiger partial charge in [-0.15, -0.1) is 0 Å². The van der Waals surface area contributed by atoms with E-state index in [1.165, 1.54) is 0 Å². The molecule has 0 saturated heterocycles. The number of aliphatic hydroxyl groups excluding tert-OH is 2. The van der Waals surface area contributed by atoms with E-state index in [2.05, 4.69) is 10.3 Å². The molecule has 9 heteroatoms. The average molecular weight is 336 g/mol. The Balaban J connectivity index is 2.67. The standard InChI is InChI=1S/C14H19F3N2O4/c1-13(2,3)23-12(22)19-7-10(20)11(21)8-4-9(6-18-5-8)14(15,16)17/h4-6,10-11,20-21H,7H2,1-3H3,(H,19,22). The summed E-state index contributed by atoms with van der Waals surface area (Å²) in [7, 11) is 0. The van der Waals surface area contributed by atoms with Gasteiger partial charge in [-0.25, -0.2) is 4.79 Å². The van der Waals surface area contributed by atoms with Gasteiger partial charge in [0.15, 0.2) is 0 Å². The number of ether oxygens (including phenoxy) is 1. The molecular weight excluding hydrogens is 317 g/mol. The summed E-state index contributed by atoms with van der Waals surface area (Å²) < 4.78 is 42.7. The molecule has 1 amide bonds. The Morgan fingerprint density at radius 3 is 2.43 bits per heavy atom. The number of aromatic nitrogens is 1. The van der Waals surface area contributed by atoms with Crippen LogP contribution in [0.15, 0.2) is 18.5 Å². The minimum absolute atomic E-state index is 0.210. The lowest BCUT2D eigenvalue weighted by molar-refractivity contribution is -0.138. The summed E-state index contributed by atoms with van der Waals surface area (Å²) in [5.41, 5.74) is -1.99. The van der Waals surface area contributed by atoms with E-state index in [1.807, 2.05) is 0 Å². The van der Waals surface area contributed by atoms with E-state index in [-0.39, 0.29) is 5.56 Å². The second-order valence-corrected chi connectivity index (χ2v) is 5.90. The first-order chi connectivity index (χ1) is 10.4. The van der Waals surface area contributed by atoms with Crippen LogP contribution in [0.1, 0.15) is 38.0 Å². The molecule has 0 spiro atoms. The largest absolute Gasteiger partial charge is 0.444 e. The molecule has 0 fully saturated rings. The predicted molar refractivity (Wildman–Crippen MR) is 74.4 cm³/mol. The van der Waals surface area contributed by atoms with Gasteiger partial charge in [-0.3, -0.25) is 4.98 Å². The second-order valence-electron chi connectivity index (χ2n) is 5.90. The highest BCUT2D eigenvalue weighted by Gasteiger charge is 2.32. The lowest BCUT2D eigenvalue weighted by atomic mass is 10.0. The number of hydrogen-bond acceptors (Lipinski definition) is 5. The quantitative estimate of drug-likeness (QED) is 0.782. The molecule has 0 bridgehead atoms. The molecule has 130 valence electrons. The number of halogens is 3. The van der Waals surface area contributed by atoms with Gasteiger partial charge in [-0.1, -0.05) is 0 Å². The Hall–Kier alpha value is -1.87. The highest BCUT2D eigenvalue weighted by molar-refractivity contribution is 5.67. The van der Waals surface area contributed by atoms with Crippen molar-refractivity contribution in [2.24, 2.45) is 0 Å². The summed E-state index contributed by atoms with van der Waals surface area (Å²) in [5.74, 6) is 0. The summed E-state index contributed by atoms with van der Waals surface area (Å²) in [6.07, 6.45) is -6.96. The third kappa shape index (κ3) is 6.41. The number of amides is 1. The molecule has 0 aliphatic rings. The van der Waals surface area contributed by atoms with Gasteiger partial charge < -0.3 is 20.3 Å². The van der Waals surface area contributed by atoms with Gasteiger partial charge in [0.1, 0.15) is 17.8 Å². The minimum Gasteiger partial charge on any atom is -0.444 e. The average Bonchev–Trinajstić information content (AvgIpc) is 2.41. The fourth-order valence-electron chi connectivity index (χ4n) is 1.61. The molecule has 0 aromatic carbocycles. The molecule has 0 saturated carbocycles. The van der Waals surface area contributed by atoms with Crippen LogP contribution >= 0.6 is 0 Å². The molecule has 23 heavy (non-hydrogen) atoms. The summed E-state index contributed by atoms with van der Waals surface area (Å²) in [4.78, 5) is 14.8. The van der Waals surface area contributed by atoms with Crippen molar-refractivity contribution in [3.63, 3.8) is 0 Å².